The summed E-state index contributed by atoms with van der Waals surface area (Å²) in [4.78, 5) is 12.4. The van der Waals surface area contributed by atoms with E-state index in [9.17, 15) is 4.79 Å². The molecule has 0 spiro atoms. The van der Waals surface area contributed by atoms with Crippen molar-refractivity contribution in [1.82, 2.24) is 10.5 Å². The molecule has 0 atom stereocenters. The summed E-state index contributed by atoms with van der Waals surface area (Å²) in [5.74, 6) is 1.52. The first-order chi connectivity index (χ1) is 12.2. The summed E-state index contributed by atoms with van der Waals surface area (Å²) in [7, 11) is 3.08. The Hall–Kier alpha value is -3.28. The first-order valence-corrected chi connectivity index (χ1v) is 7.72. The van der Waals surface area contributed by atoms with Crippen LogP contribution in [0.3, 0.4) is 0 Å². The van der Waals surface area contributed by atoms with E-state index in [2.05, 4.69) is 10.5 Å². The molecule has 6 nitrogen and oxygen atoms in total. The molecule has 2 aromatic carbocycles. The molecule has 3 aromatic rings. The Labute approximate surface area is 145 Å². The minimum atomic E-state index is -0.249. The van der Waals surface area contributed by atoms with Crippen LogP contribution in [0.2, 0.25) is 0 Å². The number of methoxy groups -OCH3 is 2. The van der Waals surface area contributed by atoms with E-state index in [1.807, 2.05) is 36.4 Å². The van der Waals surface area contributed by atoms with Gasteiger partial charge in [-0.1, -0.05) is 35.5 Å². The van der Waals surface area contributed by atoms with Crippen molar-refractivity contribution in [3.63, 3.8) is 0 Å². The largest absolute Gasteiger partial charge is 0.497 e. The Bertz CT molecular complexity index is 837. The average molecular weight is 338 g/mol. The quantitative estimate of drug-likeness (QED) is 0.746. The molecule has 0 saturated heterocycles. The highest BCUT2D eigenvalue weighted by Gasteiger charge is 2.12. The van der Waals surface area contributed by atoms with Gasteiger partial charge in [-0.3, -0.25) is 4.79 Å². The molecule has 0 radical (unpaired) electrons. The second-order valence-corrected chi connectivity index (χ2v) is 5.33. The third-order valence-corrected chi connectivity index (χ3v) is 3.66. The predicted octanol–water partition coefficient (Wildman–Crippen LogP) is 3.29. The molecule has 0 bridgehead atoms. The van der Waals surface area contributed by atoms with Crippen molar-refractivity contribution < 1.29 is 18.8 Å². The summed E-state index contributed by atoms with van der Waals surface area (Å²) >= 11 is 0. The fourth-order valence-electron chi connectivity index (χ4n) is 2.35. The second-order valence-electron chi connectivity index (χ2n) is 5.33. The minimum absolute atomic E-state index is 0.249. The van der Waals surface area contributed by atoms with E-state index >= 15 is 0 Å². The summed E-state index contributed by atoms with van der Waals surface area (Å²) in [6.07, 6.45) is 0. The highest BCUT2D eigenvalue weighted by Crippen LogP contribution is 2.23. The molecule has 6 heteroatoms. The van der Waals surface area contributed by atoms with Gasteiger partial charge >= 0.3 is 0 Å². The van der Waals surface area contributed by atoms with Crippen molar-refractivity contribution in [1.29, 1.82) is 0 Å². The maximum Gasteiger partial charge on any atom is 0.251 e. The van der Waals surface area contributed by atoms with Gasteiger partial charge in [0, 0.05) is 23.3 Å². The lowest BCUT2D eigenvalue weighted by atomic mass is 10.1. The molecule has 1 aromatic heterocycles. The molecule has 0 saturated carbocycles. The molecule has 128 valence electrons. The van der Waals surface area contributed by atoms with Crippen LogP contribution in [-0.2, 0) is 6.54 Å². The summed E-state index contributed by atoms with van der Waals surface area (Å²) < 4.78 is 15.7. The van der Waals surface area contributed by atoms with Crippen LogP contribution >= 0.6 is 0 Å². The lowest BCUT2D eigenvalue weighted by molar-refractivity contribution is 0.0949. The zero-order valence-electron chi connectivity index (χ0n) is 14.0. The second kappa shape index (κ2) is 7.53. The molecular formula is C19H18N2O4. The molecule has 1 amide bonds. The fourth-order valence-corrected chi connectivity index (χ4v) is 2.35. The van der Waals surface area contributed by atoms with Crippen LogP contribution in [0.1, 0.15) is 16.1 Å². The normalized spacial score (nSPS) is 10.3. The van der Waals surface area contributed by atoms with Gasteiger partial charge in [-0.15, -0.1) is 0 Å². The van der Waals surface area contributed by atoms with E-state index < -0.39 is 0 Å². The van der Waals surface area contributed by atoms with Crippen molar-refractivity contribution in [2.75, 3.05) is 14.2 Å². The van der Waals surface area contributed by atoms with Gasteiger partial charge in [-0.2, -0.15) is 0 Å². The number of nitrogens with zero attached hydrogens (tertiary/aromatic N) is 1. The summed E-state index contributed by atoms with van der Waals surface area (Å²) in [6, 6.07) is 16.5. The molecule has 1 N–H and O–H groups in total. The number of rotatable bonds is 6. The van der Waals surface area contributed by atoms with Crippen LogP contribution in [0.15, 0.2) is 59.1 Å². The van der Waals surface area contributed by atoms with E-state index in [-0.39, 0.29) is 12.5 Å². The Morgan fingerprint density at radius 1 is 1.04 bits per heavy atom. The van der Waals surface area contributed by atoms with Gasteiger partial charge in [0.15, 0.2) is 5.76 Å². The maximum absolute atomic E-state index is 12.4. The summed E-state index contributed by atoms with van der Waals surface area (Å²) in [5.41, 5.74) is 2.02. The van der Waals surface area contributed by atoms with E-state index in [1.165, 1.54) is 14.2 Å². The Morgan fingerprint density at radius 2 is 1.72 bits per heavy atom. The van der Waals surface area contributed by atoms with Crippen molar-refractivity contribution in [2.45, 2.75) is 6.54 Å². The maximum atomic E-state index is 12.4. The van der Waals surface area contributed by atoms with Crippen molar-refractivity contribution in [2.24, 2.45) is 0 Å². The van der Waals surface area contributed by atoms with Crippen LogP contribution in [0.5, 0.6) is 11.5 Å². The zero-order valence-corrected chi connectivity index (χ0v) is 14.0. The molecule has 25 heavy (non-hydrogen) atoms. The molecule has 1 heterocycles. The van der Waals surface area contributed by atoms with Crippen LogP contribution in [0.25, 0.3) is 11.3 Å². The fraction of sp³-hybridized carbons (Fsp3) is 0.158. The van der Waals surface area contributed by atoms with Crippen molar-refractivity contribution >= 4 is 5.91 Å². The average Bonchev–Trinajstić information content (AvgIpc) is 3.15. The Kier molecular flexibility index (Phi) is 4.99. The number of carbonyl (C=O) groups is 1. The number of carbonyl (C=O) groups excluding carboxylic acids is 1. The summed E-state index contributed by atoms with van der Waals surface area (Å²) in [6.45, 7) is 0.259. The van der Waals surface area contributed by atoms with E-state index in [0.29, 0.717) is 28.5 Å². The number of nitrogens with one attached hydrogen (secondary N) is 1. The molecule has 3 rings (SSSR count). The SMILES string of the molecule is COc1cc(OC)cc(C(=O)NCc2cc(-c3ccccc3)on2)c1. The first-order valence-electron chi connectivity index (χ1n) is 7.72. The minimum Gasteiger partial charge on any atom is -0.497 e. The van der Waals surface area contributed by atoms with Crippen LogP contribution in [0, 0.1) is 0 Å². The van der Waals surface area contributed by atoms with Crippen LogP contribution in [0.4, 0.5) is 0 Å². The zero-order chi connectivity index (χ0) is 17.6. The summed E-state index contributed by atoms with van der Waals surface area (Å²) in [5, 5.41) is 6.80. The van der Waals surface area contributed by atoms with Gasteiger partial charge in [-0.05, 0) is 12.1 Å². The van der Waals surface area contributed by atoms with Gasteiger partial charge in [0.05, 0.1) is 20.8 Å². The standard InChI is InChI=1S/C19H18N2O4/c1-23-16-8-14(9-17(11-16)24-2)19(22)20-12-15-10-18(25-21-15)13-6-4-3-5-7-13/h3-11H,12H2,1-2H3,(H,20,22). The molecule has 0 unspecified atom stereocenters. The van der Waals surface area contributed by atoms with Gasteiger partial charge in [0.25, 0.3) is 5.91 Å². The third-order valence-electron chi connectivity index (χ3n) is 3.66. The van der Waals surface area contributed by atoms with Crippen molar-refractivity contribution in [3.8, 4) is 22.8 Å². The number of aromatic nitrogens is 1. The smallest absolute Gasteiger partial charge is 0.251 e. The number of hydrogen-bond donors (Lipinski definition) is 1. The number of amides is 1. The van der Waals surface area contributed by atoms with E-state index in [1.54, 1.807) is 18.2 Å². The van der Waals surface area contributed by atoms with Gasteiger partial charge < -0.3 is 19.3 Å². The van der Waals surface area contributed by atoms with E-state index in [0.717, 1.165) is 5.56 Å². The molecular weight excluding hydrogens is 320 g/mol. The number of benzene rings is 2. The van der Waals surface area contributed by atoms with E-state index in [4.69, 9.17) is 14.0 Å². The van der Waals surface area contributed by atoms with Crippen LogP contribution < -0.4 is 14.8 Å². The Morgan fingerprint density at radius 3 is 2.36 bits per heavy atom. The molecule has 0 aliphatic heterocycles. The van der Waals surface area contributed by atoms with Gasteiger partial charge in [0.2, 0.25) is 0 Å². The molecule has 0 aliphatic carbocycles. The lowest BCUT2D eigenvalue weighted by Crippen LogP contribution is -2.23. The number of hydrogen-bond acceptors (Lipinski definition) is 5. The van der Waals surface area contributed by atoms with Crippen LogP contribution in [-0.4, -0.2) is 25.3 Å². The number of ether oxygens (including phenoxy) is 2. The van der Waals surface area contributed by atoms with Crippen molar-refractivity contribution in [3.05, 3.63) is 65.9 Å². The highest BCUT2D eigenvalue weighted by molar-refractivity contribution is 5.95. The topological polar surface area (TPSA) is 73.6 Å². The van der Waals surface area contributed by atoms with Gasteiger partial charge in [0.1, 0.15) is 17.2 Å². The lowest BCUT2D eigenvalue weighted by Gasteiger charge is -2.08. The Balaban J connectivity index is 1.68. The third kappa shape index (κ3) is 3.98. The van der Waals surface area contributed by atoms with Gasteiger partial charge in [-0.25, -0.2) is 0 Å². The molecule has 0 aliphatic rings. The monoisotopic (exact) mass is 338 g/mol. The highest BCUT2D eigenvalue weighted by atomic mass is 16.5. The first kappa shape index (κ1) is 16.6. The molecule has 0 fully saturated rings. The predicted molar refractivity (Wildman–Crippen MR) is 92.7 cm³/mol.